The summed E-state index contributed by atoms with van der Waals surface area (Å²) in [5.41, 5.74) is 1.07. The van der Waals surface area contributed by atoms with Gasteiger partial charge in [0, 0.05) is 32.4 Å². The molecule has 5 heteroatoms. The molecule has 0 spiro atoms. The first-order valence-corrected chi connectivity index (χ1v) is 7.13. The summed E-state index contributed by atoms with van der Waals surface area (Å²) in [4.78, 5) is 17.8. The van der Waals surface area contributed by atoms with Crippen molar-refractivity contribution in [2.45, 2.75) is 38.7 Å². The van der Waals surface area contributed by atoms with E-state index in [0.717, 1.165) is 38.0 Å². The molecule has 0 aliphatic carbocycles. The lowest BCUT2D eigenvalue weighted by atomic mass is 10.1. The van der Waals surface area contributed by atoms with Crippen molar-refractivity contribution >= 4 is 23.3 Å². The van der Waals surface area contributed by atoms with Gasteiger partial charge in [-0.05, 0) is 18.6 Å². The third-order valence-electron chi connectivity index (χ3n) is 3.27. The molecule has 0 amide bonds. The highest BCUT2D eigenvalue weighted by Crippen LogP contribution is 2.22. The zero-order chi connectivity index (χ0) is 13.7. The molecular weight excluding hydrogens is 264 g/mol. The number of hydrogen-bond donors (Lipinski definition) is 0. The van der Waals surface area contributed by atoms with E-state index >= 15 is 0 Å². The predicted molar refractivity (Wildman–Crippen MR) is 75.5 cm³/mol. The number of esters is 1. The summed E-state index contributed by atoms with van der Waals surface area (Å²) < 4.78 is 5.43. The number of halogens is 1. The average molecular weight is 283 g/mol. The van der Waals surface area contributed by atoms with E-state index in [1.165, 1.54) is 0 Å². The maximum atomic E-state index is 11.4. The van der Waals surface area contributed by atoms with E-state index < -0.39 is 0 Å². The summed E-state index contributed by atoms with van der Waals surface area (Å²) in [5, 5.41) is 0.507. The Morgan fingerprint density at radius 2 is 2.21 bits per heavy atom. The Balaban J connectivity index is 1.82. The first-order chi connectivity index (χ1) is 9.19. The third-order valence-corrected chi connectivity index (χ3v) is 3.49. The lowest BCUT2D eigenvalue weighted by molar-refractivity contribution is -0.150. The fourth-order valence-corrected chi connectivity index (χ4v) is 2.35. The smallest absolute Gasteiger partial charge is 0.306 e. The van der Waals surface area contributed by atoms with Crippen LogP contribution in [0.15, 0.2) is 18.3 Å². The van der Waals surface area contributed by atoms with Crippen LogP contribution in [-0.4, -0.2) is 30.1 Å². The summed E-state index contributed by atoms with van der Waals surface area (Å²) in [7, 11) is 0. The minimum Gasteiger partial charge on any atom is -0.462 e. The second-order valence-electron chi connectivity index (χ2n) is 4.77. The summed E-state index contributed by atoms with van der Waals surface area (Å²) >= 11 is 5.77. The molecule has 4 nitrogen and oxygen atoms in total. The van der Waals surface area contributed by atoms with Crippen LogP contribution in [0.1, 0.15) is 32.6 Å². The monoisotopic (exact) mass is 282 g/mol. The number of aromatic nitrogens is 1. The van der Waals surface area contributed by atoms with Gasteiger partial charge >= 0.3 is 5.97 Å². The maximum Gasteiger partial charge on any atom is 0.306 e. The molecule has 1 aromatic heterocycles. The molecule has 0 saturated carbocycles. The van der Waals surface area contributed by atoms with Crippen molar-refractivity contribution in [3.8, 4) is 0 Å². The van der Waals surface area contributed by atoms with Crippen LogP contribution in [0.25, 0.3) is 0 Å². The molecule has 19 heavy (non-hydrogen) atoms. The topological polar surface area (TPSA) is 42.4 Å². The van der Waals surface area contributed by atoms with Crippen molar-refractivity contribution in [3.05, 3.63) is 23.5 Å². The zero-order valence-corrected chi connectivity index (χ0v) is 11.9. The number of carbonyl (C=O) groups is 1. The standard InChI is InChI=1S/C14H19ClN2O2/c1-2-3-14(18)19-12-6-8-17(9-7-12)11-4-5-13(15)16-10-11/h4-5,10,12H,2-3,6-9H2,1H3. The normalized spacial score (nSPS) is 16.4. The highest BCUT2D eigenvalue weighted by Gasteiger charge is 2.22. The minimum absolute atomic E-state index is 0.0653. The molecule has 1 aliphatic rings. The number of ether oxygens (including phenoxy) is 1. The van der Waals surface area contributed by atoms with Crippen LogP contribution in [0.2, 0.25) is 5.15 Å². The fourth-order valence-electron chi connectivity index (χ4n) is 2.24. The highest BCUT2D eigenvalue weighted by molar-refractivity contribution is 6.29. The second kappa shape index (κ2) is 6.75. The Morgan fingerprint density at radius 3 is 2.79 bits per heavy atom. The van der Waals surface area contributed by atoms with Crippen molar-refractivity contribution in [1.82, 2.24) is 4.98 Å². The lowest BCUT2D eigenvalue weighted by Crippen LogP contribution is -2.37. The van der Waals surface area contributed by atoms with Crippen LogP contribution in [0.5, 0.6) is 0 Å². The van der Waals surface area contributed by atoms with Crippen molar-refractivity contribution in [3.63, 3.8) is 0 Å². The van der Waals surface area contributed by atoms with E-state index in [4.69, 9.17) is 16.3 Å². The van der Waals surface area contributed by atoms with Gasteiger partial charge < -0.3 is 9.64 Å². The van der Waals surface area contributed by atoms with Gasteiger partial charge in [0.2, 0.25) is 0 Å². The van der Waals surface area contributed by atoms with Gasteiger partial charge in [-0.15, -0.1) is 0 Å². The summed E-state index contributed by atoms with van der Waals surface area (Å²) in [5.74, 6) is -0.0749. The Hall–Kier alpha value is -1.29. The van der Waals surface area contributed by atoms with Gasteiger partial charge in [0.05, 0.1) is 11.9 Å². The molecule has 1 saturated heterocycles. The van der Waals surface area contributed by atoms with Gasteiger partial charge in [-0.2, -0.15) is 0 Å². The predicted octanol–water partition coefficient (Wildman–Crippen LogP) is 3.05. The fraction of sp³-hybridized carbons (Fsp3) is 0.571. The Kier molecular flexibility index (Phi) is 5.02. The van der Waals surface area contributed by atoms with E-state index in [2.05, 4.69) is 9.88 Å². The number of nitrogens with zero attached hydrogens (tertiary/aromatic N) is 2. The molecule has 0 aromatic carbocycles. The van der Waals surface area contributed by atoms with Crippen LogP contribution < -0.4 is 4.90 Å². The Labute approximate surface area is 118 Å². The molecule has 0 bridgehead atoms. The Morgan fingerprint density at radius 1 is 1.47 bits per heavy atom. The molecule has 0 N–H and O–H groups in total. The minimum atomic E-state index is -0.0749. The quantitative estimate of drug-likeness (QED) is 0.629. The van der Waals surface area contributed by atoms with Crippen molar-refractivity contribution < 1.29 is 9.53 Å². The molecule has 0 atom stereocenters. The number of hydrogen-bond acceptors (Lipinski definition) is 4. The van der Waals surface area contributed by atoms with Gasteiger partial charge in [-0.1, -0.05) is 18.5 Å². The van der Waals surface area contributed by atoms with Gasteiger partial charge in [-0.25, -0.2) is 4.98 Å². The molecule has 2 heterocycles. The molecular formula is C14H19ClN2O2. The Bertz CT molecular complexity index is 414. The zero-order valence-electron chi connectivity index (χ0n) is 11.1. The second-order valence-corrected chi connectivity index (χ2v) is 5.15. The van der Waals surface area contributed by atoms with Crippen molar-refractivity contribution in [1.29, 1.82) is 0 Å². The third kappa shape index (κ3) is 4.10. The summed E-state index contributed by atoms with van der Waals surface area (Å²) in [6.07, 6.45) is 4.95. The van der Waals surface area contributed by atoms with Gasteiger partial charge in [-0.3, -0.25) is 4.79 Å². The largest absolute Gasteiger partial charge is 0.462 e. The van der Waals surface area contributed by atoms with Crippen LogP contribution in [-0.2, 0) is 9.53 Å². The van der Waals surface area contributed by atoms with E-state index in [-0.39, 0.29) is 12.1 Å². The SMILES string of the molecule is CCCC(=O)OC1CCN(c2ccc(Cl)nc2)CC1. The summed E-state index contributed by atoms with van der Waals surface area (Å²) in [6, 6.07) is 3.77. The number of piperidine rings is 1. The molecule has 0 radical (unpaired) electrons. The van der Waals surface area contributed by atoms with E-state index in [1.54, 1.807) is 12.3 Å². The number of anilines is 1. The van der Waals surface area contributed by atoms with Crippen LogP contribution in [0, 0.1) is 0 Å². The van der Waals surface area contributed by atoms with E-state index in [1.807, 2.05) is 13.0 Å². The molecule has 1 fully saturated rings. The lowest BCUT2D eigenvalue weighted by Gasteiger charge is -2.33. The van der Waals surface area contributed by atoms with Gasteiger partial charge in [0.15, 0.2) is 0 Å². The summed E-state index contributed by atoms with van der Waals surface area (Å²) in [6.45, 7) is 3.75. The first-order valence-electron chi connectivity index (χ1n) is 6.75. The molecule has 0 unspecified atom stereocenters. The van der Waals surface area contributed by atoms with E-state index in [9.17, 15) is 4.79 Å². The van der Waals surface area contributed by atoms with Crippen molar-refractivity contribution in [2.24, 2.45) is 0 Å². The van der Waals surface area contributed by atoms with Crippen molar-refractivity contribution in [2.75, 3.05) is 18.0 Å². The molecule has 104 valence electrons. The number of pyridine rings is 1. The van der Waals surface area contributed by atoms with Crippen LogP contribution >= 0.6 is 11.6 Å². The average Bonchev–Trinajstić information content (AvgIpc) is 2.41. The highest BCUT2D eigenvalue weighted by atomic mass is 35.5. The molecule has 1 aromatic rings. The maximum absolute atomic E-state index is 11.4. The number of rotatable bonds is 4. The molecule has 2 rings (SSSR count). The first kappa shape index (κ1) is 14.1. The number of carbonyl (C=O) groups excluding carboxylic acids is 1. The van der Waals surface area contributed by atoms with Crippen LogP contribution in [0.3, 0.4) is 0 Å². The van der Waals surface area contributed by atoms with Gasteiger partial charge in [0.25, 0.3) is 0 Å². The van der Waals surface area contributed by atoms with E-state index in [0.29, 0.717) is 11.6 Å². The van der Waals surface area contributed by atoms with Crippen LogP contribution in [0.4, 0.5) is 5.69 Å². The van der Waals surface area contributed by atoms with Gasteiger partial charge in [0.1, 0.15) is 11.3 Å². The molecule has 1 aliphatic heterocycles.